The second kappa shape index (κ2) is 14.0. The quantitative estimate of drug-likeness (QED) is 0.366. The first kappa shape index (κ1) is 29.5. The summed E-state index contributed by atoms with van der Waals surface area (Å²) in [7, 11) is 0.639. The minimum atomic E-state index is -2.80. The van der Waals surface area contributed by atoms with Crippen LogP contribution in [0.1, 0.15) is 64.7 Å². The number of aliphatic hydroxyl groups is 1. The first-order chi connectivity index (χ1) is 15.5. The molecule has 0 bridgehead atoms. The Morgan fingerprint density at radius 1 is 1.36 bits per heavy atom. The summed E-state index contributed by atoms with van der Waals surface area (Å²) in [4.78, 5) is 11.4. The lowest BCUT2D eigenvalue weighted by Gasteiger charge is -2.30. The van der Waals surface area contributed by atoms with E-state index in [-0.39, 0.29) is 23.4 Å². The normalized spacial score (nSPS) is 19.5. The number of halogens is 3. The largest absolute Gasteiger partial charge is 0.435 e. The fourth-order valence-corrected chi connectivity index (χ4v) is 5.62. The van der Waals surface area contributed by atoms with Crippen LogP contribution >= 0.6 is 11.3 Å². The summed E-state index contributed by atoms with van der Waals surface area (Å²) in [6.07, 6.45) is 8.41. The number of nitrogens with two attached hydrogens (primary N) is 1. The average Bonchev–Trinajstić information content (AvgIpc) is 3.12. The van der Waals surface area contributed by atoms with Crippen molar-refractivity contribution in [2.45, 2.75) is 76.2 Å². The highest BCUT2D eigenvalue weighted by Gasteiger charge is 2.27. The van der Waals surface area contributed by atoms with Gasteiger partial charge in [0.15, 0.2) is 0 Å². The fourth-order valence-electron chi connectivity index (χ4n) is 3.59. The van der Waals surface area contributed by atoms with Crippen molar-refractivity contribution in [2.24, 2.45) is 21.3 Å². The van der Waals surface area contributed by atoms with Crippen molar-refractivity contribution in [1.29, 1.82) is 0 Å². The lowest BCUT2D eigenvalue weighted by molar-refractivity contribution is -0.109. The van der Waals surface area contributed by atoms with Gasteiger partial charge in [-0.25, -0.2) is 8.75 Å². The van der Waals surface area contributed by atoms with Crippen LogP contribution in [0.4, 0.5) is 13.2 Å². The smallest absolute Gasteiger partial charge is 0.387 e. The minimum absolute atomic E-state index is 0.121. The SMILES string of the molecule is CCCC1=CC(OC(F)F)=CC(CCC)C1CC=O.CN=S(N)c1sc(C(C)(C)O)cc1F. The summed E-state index contributed by atoms with van der Waals surface area (Å²) in [6, 6.07) is 1.32. The molecule has 0 amide bonds. The third-order valence-corrected chi connectivity index (χ3v) is 8.03. The van der Waals surface area contributed by atoms with Crippen molar-refractivity contribution >= 4 is 28.5 Å². The Balaban J connectivity index is 0.000000346. The molecule has 0 spiro atoms. The van der Waals surface area contributed by atoms with E-state index in [0.29, 0.717) is 15.5 Å². The average molecular weight is 509 g/mol. The molecule has 1 heterocycles. The summed E-state index contributed by atoms with van der Waals surface area (Å²) in [5, 5.41) is 15.3. The van der Waals surface area contributed by atoms with Crippen LogP contribution in [0.5, 0.6) is 0 Å². The highest BCUT2D eigenvalue weighted by molar-refractivity contribution is 7.87. The zero-order valence-corrected chi connectivity index (χ0v) is 21.4. The Bertz CT molecular complexity index is 862. The molecular formula is C23H35F3N2O3S2. The standard InChI is InChI=1S/C15H22F2O2.C8H13FN2OS2/c1-3-5-11-9-13(19-15(16)17)10-12(6-4-2)14(11)7-8-18;1-8(2,12)6-4-5(9)7(13-6)14(10)11-3/h8-11,14-15H,3-7H2,1-2H3;4,12H,1-3H3,(H2,10,11). The van der Waals surface area contributed by atoms with Gasteiger partial charge in [-0.2, -0.15) is 8.78 Å². The summed E-state index contributed by atoms with van der Waals surface area (Å²) < 4.78 is 46.8. The van der Waals surface area contributed by atoms with E-state index in [9.17, 15) is 23.1 Å². The van der Waals surface area contributed by atoms with Crippen LogP contribution in [0.15, 0.2) is 38.1 Å². The topological polar surface area (TPSA) is 84.9 Å². The molecule has 2 rings (SSSR count). The molecule has 3 atom stereocenters. The van der Waals surface area contributed by atoms with Crippen LogP contribution in [0, 0.1) is 17.7 Å². The van der Waals surface area contributed by atoms with Gasteiger partial charge in [0.25, 0.3) is 0 Å². The van der Waals surface area contributed by atoms with E-state index in [0.717, 1.165) is 37.5 Å². The van der Waals surface area contributed by atoms with Crippen molar-refractivity contribution in [3.05, 3.63) is 40.2 Å². The minimum Gasteiger partial charge on any atom is -0.435 e. The van der Waals surface area contributed by atoms with Crippen LogP contribution < -0.4 is 5.14 Å². The molecule has 10 heteroatoms. The first-order valence-corrected chi connectivity index (χ1v) is 13.0. The fraction of sp³-hybridized carbons (Fsp3) is 0.609. The number of rotatable bonds is 10. The number of nitrogens with zero attached hydrogens (tertiary/aromatic N) is 1. The van der Waals surface area contributed by atoms with E-state index in [2.05, 4.69) is 16.0 Å². The molecule has 1 aliphatic carbocycles. The highest BCUT2D eigenvalue weighted by atomic mass is 32.2. The van der Waals surface area contributed by atoms with Gasteiger partial charge >= 0.3 is 6.61 Å². The molecule has 3 unspecified atom stereocenters. The predicted molar refractivity (Wildman–Crippen MR) is 128 cm³/mol. The van der Waals surface area contributed by atoms with Crippen LogP contribution in [-0.4, -0.2) is 25.1 Å². The van der Waals surface area contributed by atoms with E-state index in [1.807, 2.05) is 6.92 Å². The number of carbonyl (C=O) groups is 1. The molecule has 0 saturated heterocycles. The number of hydrogen-bond donors (Lipinski definition) is 2. The number of thiophene rings is 1. The lowest BCUT2D eigenvalue weighted by Crippen LogP contribution is -2.21. The molecule has 0 aliphatic heterocycles. The van der Waals surface area contributed by atoms with Gasteiger partial charge in [-0.05, 0) is 56.7 Å². The van der Waals surface area contributed by atoms with Crippen LogP contribution in [0.2, 0.25) is 0 Å². The Hall–Kier alpha value is -1.49. The maximum atomic E-state index is 13.3. The van der Waals surface area contributed by atoms with Gasteiger partial charge < -0.3 is 14.6 Å². The number of aldehydes is 1. The molecule has 0 saturated carbocycles. The zero-order valence-electron chi connectivity index (χ0n) is 19.8. The molecule has 33 heavy (non-hydrogen) atoms. The molecule has 5 nitrogen and oxygen atoms in total. The van der Waals surface area contributed by atoms with Gasteiger partial charge in [0.2, 0.25) is 0 Å². The van der Waals surface area contributed by atoms with Crippen molar-refractivity contribution in [1.82, 2.24) is 0 Å². The molecule has 0 fully saturated rings. The van der Waals surface area contributed by atoms with Gasteiger partial charge in [0.05, 0.1) is 5.60 Å². The van der Waals surface area contributed by atoms with Crippen molar-refractivity contribution < 1.29 is 27.8 Å². The van der Waals surface area contributed by atoms with Gasteiger partial charge in [-0.3, -0.25) is 5.14 Å². The van der Waals surface area contributed by atoms with E-state index < -0.39 is 23.1 Å². The molecule has 1 aromatic rings. The molecule has 1 aliphatic rings. The van der Waals surface area contributed by atoms with Crippen LogP contribution in [0.25, 0.3) is 0 Å². The summed E-state index contributed by atoms with van der Waals surface area (Å²) in [5.41, 5.74) is 0.0352. The number of ether oxygens (including phenoxy) is 1. The number of hydrogen-bond acceptors (Lipinski definition) is 5. The Kier molecular flexibility index (Phi) is 12.6. The molecule has 0 radical (unpaired) electrons. The highest BCUT2D eigenvalue weighted by Crippen LogP contribution is 2.37. The van der Waals surface area contributed by atoms with Crippen molar-refractivity contribution in [3.63, 3.8) is 0 Å². The van der Waals surface area contributed by atoms with Crippen LogP contribution in [0.3, 0.4) is 0 Å². The molecule has 1 aromatic heterocycles. The first-order valence-electron chi connectivity index (χ1n) is 10.9. The maximum Gasteiger partial charge on any atom is 0.387 e. The van der Waals surface area contributed by atoms with Crippen molar-refractivity contribution in [2.75, 3.05) is 7.05 Å². The monoisotopic (exact) mass is 508 g/mol. The van der Waals surface area contributed by atoms with Gasteiger partial charge in [-0.15, -0.1) is 11.3 Å². The second-order valence-corrected chi connectivity index (χ2v) is 10.9. The van der Waals surface area contributed by atoms with Gasteiger partial charge in [0, 0.05) is 29.2 Å². The predicted octanol–water partition coefficient (Wildman–Crippen LogP) is 6.25. The van der Waals surface area contributed by atoms with Gasteiger partial charge in [0.1, 0.15) is 22.1 Å². The summed E-state index contributed by atoms with van der Waals surface area (Å²) >= 11 is 1.17. The maximum absolute atomic E-state index is 13.3. The lowest BCUT2D eigenvalue weighted by atomic mass is 9.76. The number of allylic oxidation sites excluding steroid dienone is 3. The third kappa shape index (κ3) is 9.35. The van der Waals surface area contributed by atoms with Gasteiger partial charge in [-0.1, -0.05) is 32.3 Å². The second-order valence-electron chi connectivity index (χ2n) is 8.18. The Morgan fingerprint density at radius 2 is 2.03 bits per heavy atom. The van der Waals surface area contributed by atoms with E-state index in [4.69, 9.17) is 5.14 Å². The molecule has 188 valence electrons. The number of carbonyl (C=O) groups excluding carboxylic acids is 1. The van der Waals surface area contributed by atoms with Crippen molar-refractivity contribution in [3.8, 4) is 0 Å². The van der Waals surface area contributed by atoms with Crippen LogP contribution in [-0.2, 0) is 26.0 Å². The summed E-state index contributed by atoms with van der Waals surface area (Å²) in [5.74, 6) is 0.125. The zero-order chi connectivity index (χ0) is 25.2. The summed E-state index contributed by atoms with van der Waals surface area (Å²) in [6.45, 7) is 4.52. The third-order valence-electron chi connectivity index (χ3n) is 5.08. The number of alkyl halides is 2. The van der Waals surface area contributed by atoms with E-state index >= 15 is 0 Å². The Morgan fingerprint density at radius 3 is 2.48 bits per heavy atom. The van der Waals surface area contributed by atoms with E-state index in [1.54, 1.807) is 33.0 Å². The molecule has 3 N–H and O–H groups in total. The molecular weight excluding hydrogens is 473 g/mol. The Labute approximate surface area is 201 Å². The molecule has 0 aromatic carbocycles. The van der Waals surface area contributed by atoms with E-state index in [1.165, 1.54) is 17.4 Å².